The minimum absolute atomic E-state index is 0.0941. The molecule has 41 heavy (non-hydrogen) atoms. The number of aliphatic hydroxyl groups excluding tert-OH is 1. The number of carbonyl (C=O) groups excluding carboxylic acids is 1. The Hall–Kier alpha value is -4.69. The van der Waals surface area contributed by atoms with Crippen LogP contribution in [0, 0.1) is 12.7 Å². The van der Waals surface area contributed by atoms with Crippen LogP contribution in [0.25, 0.3) is 32.0 Å². The van der Waals surface area contributed by atoms with Gasteiger partial charge in [-0.3, -0.25) is 10.3 Å². The van der Waals surface area contributed by atoms with Crippen molar-refractivity contribution in [2.45, 2.75) is 20.0 Å². The van der Waals surface area contributed by atoms with Gasteiger partial charge in [-0.1, -0.05) is 11.3 Å². The van der Waals surface area contributed by atoms with Crippen molar-refractivity contribution in [3.05, 3.63) is 54.2 Å². The zero-order chi connectivity index (χ0) is 28.9. The van der Waals surface area contributed by atoms with Crippen LogP contribution in [-0.4, -0.2) is 69.2 Å². The van der Waals surface area contributed by atoms with Crippen LogP contribution in [0.3, 0.4) is 0 Å². The van der Waals surface area contributed by atoms with E-state index in [-0.39, 0.29) is 25.7 Å². The highest BCUT2D eigenvalue weighted by molar-refractivity contribution is 7.21. The Morgan fingerprint density at radius 1 is 1.12 bits per heavy atom. The fourth-order valence-corrected chi connectivity index (χ4v) is 4.76. The van der Waals surface area contributed by atoms with Gasteiger partial charge in [-0.05, 0) is 31.5 Å². The number of hydrogen-bond donors (Lipinski definition) is 2. The molecule has 4 heterocycles. The van der Waals surface area contributed by atoms with Crippen molar-refractivity contribution in [2.75, 3.05) is 32.2 Å². The summed E-state index contributed by atoms with van der Waals surface area (Å²) in [5, 5.41) is 12.0. The smallest absolute Gasteiger partial charge is 0.411 e. The molecule has 0 aliphatic rings. The summed E-state index contributed by atoms with van der Waals surface area (Å²) < 4.78 is 36.2. The fourth-order valence-electron chi connectivity index (χ4n) is 3.83. The number of aromatic nitrogens is 5. The first kappa shape index (κ1) is 27.9. The van der Waals surface area contributed by atoms with Gasteiger partial charge in [0, 0.05) is 17.7 Å². The molecule has 1 aromatic carbocycles. The van der Waals surface area contributed by atoms with Crippen molar-refractivity contribution < 1.29 is 33.2 Å². The third-order valence-corrected chi connectivity index (χ3v) is 6.59. The van der Waals surface area contributed by atoms with Gasteiger partial charge >= 0.3 is 6.09 Å². The number of thiazole rings is 1. The molecule has 1 amide bonds. The lowest BCUT2D eigenvalue weighted by molar-refractivity contribution is 0.0941. The quantitative estimate of drug-likeness (QED) is 0.240. The second-order valence-electron chi connectivity index (χ2n) is 8.84. The maximum atomic E-state index is 14.9. The number of benzene rings is 1. The number of pyridine rings is 2. The average Bonchev–Trinajstić information content (AvgIpc) is 3.37. The van der Waals surface area contributed by atoms with Crippen LogP contribution in [0.2, 0.25) is 0 Å². The molecule has 14 heteroatoms. The first-order chi connectivity index (χ1) is 19.8. The van der Waals surface area contributed by atoms with Crippen molar-refractivity contribution in [1.82, 2.24) is 24.9 Å². The van der Waals surface area contributed by atoms with E-state index in [9.17, 15) is 9.18 Å². The first-order valence-electron chi connectivity index (χ1n) is 12.4. The second-order valence-corrected chi connectivity index (χ2v) is 9.82. The molecule has 0 bridgehead atoms. The number of nitrogens with zero attached hydrogens (tertiary/aromatic N) is 5. The molecule has 0 fully saturated rings. The van der Waals surface area contributed by atoms with Crippen molar-refractivity contribution >= 4 is 44.5 Å². The fraction of sp³-hybridized carbons (Fsp3) is 0.259. The maximum Gasteiger partial charge on any atom is 0.411 e. The summed E-state index contributed by atoms with van der Waals surface area (Å²) in [6.07, 6.45) is 2.91. The highest BCUT2D eigenvalue weighted by Gasteiger charge is 2.19. The maximum absolute atomic E-state index is 14.9. The molecule has 4 aromatic heterocycles. The Kier molecular flexibility index (Phi) is 8.31. The molecule has 0 unspecified atom stereocenters. The summed E-state index contributed by atoms with van der Waals surface area (Å²) in [7, 11) is 1.52. The van der Waals surface area contributed by atoms with Crippen LogP contribution >= 0.6 is 11.3 Å². The van der Waals surface area contributed by atoms with Gasteiger partial charge < -0.3 is 24.1 Å². The van der Waals surface area contributed by atoms with E-state index in [2.05, 4.69) is 30.2 Å². The minimum atomic E-state index is -0.761. The van der Waals surface area contributed by atoms with Gasteiger partial charge in [-0.2, -0.15) is 4.98 Å². The first-order valence-corrected chi connectivity index (χ1v) is 13.2. The number of ether oxygens (including phenoxy) is 4. The van der Waals surface area contributed by atoms with Crippen LogP contribution in [0.15, 0.2) is 42.9 Å². The summed E-state index contributed by atoms with van der Waals surface area (Å²) >= 11 is 1.27. The minimum Gasteiger partial charge on any atom is -0.490 e. The number of hydrogen-bond acceptors (Lipinski definition) is 12. The SMILES string of the molecule is COc1cnc2c(-c3nc4cc(F)c(O[C@@H](C)COC(=O)Nc5cncc(OCCO)c5)nc4s3)cc(C)cc2n1. The number of methoxy groups -OCH3 is 1. The number of halogens is 1. The zero-order valence-electron chi connectivity index (χ0n) is 22.3. The summed E-state index contributed by atoms with van der Waals surface area (Å²) in [6, 6.07) is 6.62. The lowest BCUT2D eigenvalue weighted by Gasteiger charge is -2.15. The number of anilines is 1. The van der Waals surface area contributed by atoms with E-state index in [4.69, 9.17) is 24.1 Å². The van der Waals surface area contributed by atoms with Gasteiger partial charge in [0.1, 0.15) is 40.4 Å². The molecule has 0 aliphatic heterocycles. The summed E-state index contributed by atoms with van der Waals surface area (Å²) in [5.41, 5.74) is 3.69. The van der Waals surface area contributed by atoms with E-state index in [1.165, 1.54) is 49.2 Å². The Morgan fingerprint density at radius 2 is 1.98 bits per heavy atom. The molecule has 12 nitrogen and oxygen atoms in total. The van der Waals surface area contributed by atoms with E-state index < -0.39 is 18.0 Å². The van der Waals surface area contributed by atoms with E-state index in [0.717, 1.165) is 11.1 Å². The molecule has 5 aromatic rings. The lowest BCUT2D eigenvalue weighted by atomic mass is 10.1. The molecule has 0 radical (unpaired) electrons. The van der Waals surface area contributed by atoms with E-state index in [1.54, 1.807) is 6.92 Å². The molecular weight excluding hydrogens is 555 g/mol. The van der Waals surface area contributed by atoms with E-state index >= 15 is 0 Å². The van der Waals surface area contributed by atoms with Crippen LogP contribution < -0.4 is 19.5 Å². The standard InChI is InChI=1S/C27H25FN6O6S/c1-14-6-18(23-20(7-14)32-22(37-3)12-30-23)25-33-21-9-19(28)24(34-26(21)41-25)40-15(2)13-39-27(36)31-16-8-17(11-29-10-16)38-5-4-35/h6-12,15,35H,4-5,13H2,1-3H3,(H,31,36)/t15-/m0/s1. The molecule has 5 rings (SSSR count). The van der Waals surface area contributed by atoms with Crippen LogP contribution in [0.1, 0.15) is 12.5 Å². The molecular formula is C27H25FN6O6S. The predicted octanol–water partition coefficient (Wildman–Crippen LogP) is 4.54. The third kappa shape index (κ3) is 6.56. The summed E-state index contributed by atoms with van der Waals surface area (Å²) in [6.45, 7) is 3.32. The third-order valence-electron chi connectivity index (χ3n) is 5.60. The number of aryl methyl sites for hydroxylation is 1. The van der Waals surface area contributed by atoms with Crippen molar-refractivity contribution in [1.29, 1.82) is 0 Å². The number of aliphatic hydroxyl groups is 1. The summed E-state index contributed by atoms with van der Waals surface area (Å²) in [5.74, 6) is -0.161. The van der Waals surface area contributed by atoms with E-state index in [0.29, 0.717) is 43.7 Å². The van der Waals surface area contributed by atoms with Crippen LogP contribution in [0.5, 0.6) is 17.5 Å². The second kappa shape index (κ2) is 12.2. The van der Waals surface area contributed by atoms with Gasteiger partial charge in [-0.15, -0.1) is 0 Å². The summed E-state index contributed by atoms with van der Waals surface area (Å²) in [4.78, 5) is 34.5. The Labute approximate surface area is 237 Å². The molecule has 212 valence electrons. The molecule has 0 saturated heterocycles. The van der Waals surface area contributed by atoms with Gasteiger partial charge in [0.05, 0.1) is 49.0 Å². The number of amides is 1. The van der Waals surface area contributed by atoms with Gasteiger partial charge in [0.25, 0.3) is 5.88 Å². The predicted molar refractivity (Wildman–Crippen MR) is 149 cm³/mol. The molecule has 0 aliphatic carbocycles. The monoisotopic (exact) mass is 580 g/mol. The van der Waals surface area contributed by atoms with E-state index in [1.807, 2.05) is 19.1 Å². The molecule has 2 N–H and O–H groups in total. The number of carbonyl (C=O) groups is 1. The van der Waals surface area contributed by atoms with Crippen molar-refractivity contribution in [2.24, 2.45) is 0 Å². The van der Waals surface area contributed by atoms with Crippen LogP contribution in [0.4, 0.5) is 14.9 Å². The Morgan fingerprint density at radius 3 is 2.78 bits per heavy atom. The Bertz CT molecular complexity index is 1720. The van der Waals surface area contributed by atoms with Gasteiger partial charge in [0.2, 0.25) is 5.88 Å². The topological polar surface area (TPSA) is 151 Å². The largest absolute Gasteiger partial charge is 0.490 e. The number of rotatable bonds is 10. The molecule has 1 atom stereocenters. The lowest BCUT2D eigenvalue weighted by Crippen LogP contribution is -2.24. The normalized spacial score (nSPS) is 11.8. The number of nitrogens with one attached hydrogen (secondary N) is 1. The Balaban J connectivity index is 1.27. The number of fused-ring (bicyclic) bond motifs is 2. The highest BCUT2D eigenvalue weighted by Crippen LogP contribution is 2.35. The van der Waals surface area contributed by atoms with Gasteiger partial charge in [0.15, 0.2) is 5.82 Å². The van der Waals surface area contributed by atoms with Crippen molar-refractivity contribution in [3.63, 3.8) is 0 Å². The van der Waals surface area contributed by atoms with Crippen LogP contribution in [-0.2, 0) is 4.74 Å². The average molecular weight is 581 g/mol. The highest BCUT2D eigenvalue weighted by atomic mass is 32.1. The molecule has 0 spiro atoms. The van der Waals surface area contributed by atoms with Gasteiger partial charge in [-0.25, -0.2) is 24.1 Å². The molecule has 0 saturated carbocycles. The van der Waals surface area contributed by atoms with Crippen molar-refractivity contribution in [3.8, 4) is 28.1 Å². The zero-order valence-corrected chi connectivity index (χ0v) is 23.1.